The highest BCUT2D eigenvalue weighted by atomic mass is 16.5. The van der Waals surface area contributed by atoms with E-state index in [0.717, 1.165) is 52.2 Å². The molecule has 0 fully saturated rings. The van der Waals surface area contributed by atoms with Crippen LogP contribution in [0.5, 0.6) is 11.5 Å². The highest BCUT2D eigenvalue weighted by Gasteiger charge is 2.13. The molecule has 5 aromatic rings. The zero-order valence-electron chi connectivity index (χ0n) is 27.9. The van der Waals surface area contributed by atoms with Gasteiger partial charge in [-0.1, -0.05) is 76.2 Å². The lowest BCUT2D eigenvalue weighted by Gasteiger charge is -2.15. The van der Waals surface area contributed by atoms with Gasteiger partial charge in [0, 0.05) is 34.9 Å². The van der Waals surface area contributed by atoms with E-state index < -0.39 is 0 Å². The zero-order valence-corrected chi connectivity index (χ0v) is 27.9. The first-order valence-corrected chi connectivity index (χ1v) is 16.4. The van der Waals surface area contributed by atoms with Crippen molar-refractivity contribution >= 4 is 23.2 Å². The molecule has 2 N–H and O–H groups in total. The normalized spacial score (nSPS) is 12.1. The molecule has 0 aliphatic heterocycles. The summed E-state index contributed by atoms with van der Waals surface area (Å²) in [5.74, 6) is 2.29. The summed E-state index contributed by atoms with van der Waals surface area (Å²) in [5.41, 5.74) is 6.14. The van der Waals surface area contributed by atoms with Gasteiger partial charge in [-0.25, -0.2) is 9.97 Å². The average Bonchev–Trinajstić information content (AvgIpc) is 3.13. The van der Waals surface area contributed by atoms with Gasteiger partial charge in [-0.3, -0.25) is 9.59 Å². The number of ether oxygens (including phenoxy) is 2. The summed E-state index contributed by atoms with van der Waals surface area (Å²) in [6.07, 6.45) is 5.52. The van der Waals surface area contributed by atoms with Crippen molar-refractivity contribution in [3.05, 3.63) is 121 Å². The van der Waals surface area contributed by atoms with Crippen LogP contribution in [0.15, 0.2) is 109 Å². The van der Waals surface area contributed by atoms with Crippen molar-refractivity contribution < 1.29 is 19.1 Å². The van der Waals surface area contributed by atoms with Crippen molar-refractivity contribution in [2.45, 2.75) is 52.4 Å². The van der Waals surface area contributed by atoms with E-state index in [9.17, 15) is 9.59 Å². The van der Waals surface area contributed by atoms with Crippen molar-refractivity contribution in [2.24, 2.45) is 0 Å². The van der Waals surface area contributed by atoms with E-state index in [4.69, 9.17) is 9.47 Å². The van der Waals surface area contributed by atoms with Gasteiger partial charge in [-0.15, -0.1) is 0 Å². The molecule has 0 aliphatic carbocycles. The van der Waals surface area contributed by atoms with E-state index in [-0.39, 0.29) is 25.0 Å². The highest BCUT2D eigenvalue weighted by Crippen LogP contribution is 2.30. The number of hydrogen-bond donors (Lipinski definition) is 2. The molecule has 8 nitrogen and oxygen atoms in total. The minimum Gasteiger partial charge on any atom is -0.483 e. The van der Waals surface area contributed by atoms with E-state index >= 15 is 0 Å². The summed E-state index contributed by atoms with van der Waals surface area (Å²) in [7, 11) is 0. The van der Waals surface area contributed by atoms with E-state index in [2.05, 4.69) is 48.3 Å². The maximum atomic E-state index is 12.6. The first-order valence-electron chi connectivity index (χ1n) is 16.4. The van der Waals surface area contributed by atoms with E-state index in [1.54, 1.807) is 12.4 Å². The average molecular weight is 643 g/mol. The molecule has 1 aromatic heterocycles. The predicted molar refractivity (Wildman–Crippen MR) is 191 cm³/mol. The second-order valence-electron chi connectivity index (χ2n) is 11.8. The lowest BCUT2D eigenvalue weighted by atomic mass is 9.98. The number of nitrogens with one attached hydrogen (secondary N) is 2. The fourth-order valence-electron chi connectivity index (χ4n) is 5.23. The predicted octanol–water partition coefficient (Wildman–Crippen LogP) is 8.87. The maximum absolute atomic E-state index is 12.6. The quantitative estimate of drug-likeness (QED) is 0.125. The lowest BCUT2D eigenvalue weighted by molar-refractivity contribution is -0.118. The van der Waals surface area contributed by atoms with Crippen LogP contribution >= 0.6 is 0 Å². The van der Waals surface area contributed by atoms with Gasteiger partial charge >= 0.3 is 0 Å². The third kappa shape index (κ3) is 8.85. The number of rotatable bonds is 14. The number of hydrogen-bond acceptors (Lipinski definition) is 6. The number of carbonyl (C=O) groups excluding carboxylic acids is 2. The van der Waals surface area contributed by atoms with E-state index in [0.29, 0.717) is 29.0 Å². The summed E-state index contributed by atoms with van der Waals surface area (Å²) in [5, 5.41) is 5.78. The largest absolute Gasteiger partial charge is 0.483 e. The molecule has 5 rings (SSSR count). The SMILES string of the molecule is CCC(C)c1ccccc1OCC(=O)Nc1ccc(-c2cnc(-c3ccc(NC(=O)COc4ccccc4C(C)CC)cc3)nc2)cc1. The minimum atomic E-state index is -0.232. The Morgan fingerprint density at radius 2 is 1.00 bits per heavy atom. The van der Waals surface area contributed by atoms with Gasteiger partial charge in [0.25, 0.3) is 11.8 Å². The monoisotopic (exact) mass is 642 g/mol. The molecule has 8 heteroatoms. The Kier molecular flexibility index (Phi) is 11.5. The van der Waals surface area contributed by atoms with Crippen molar-refractivity contribution in [1.82, 2.24) is 9.97 Å². The highest BCUT2D eigenvalue weighted by molar-refractivity contribution is 5.92. The van der Waals surface area contributed by atoms with E-state index in [1.165, 1.54) is 0 Å². The summed E-state index contributed by atoms with van der Waals surface area (Å²) in [6, 6.07) is 30.6. The number of nitrogens with zero attached hydrogens (tertiary/aromatic N) is 2. The number of para-hydroxylation sites is 2. The van der Waals surface area contributed by atoms with Gasteiger partial charge < -0.3 is 20.1 Å². The minimum absolute atomic E-state index is 0.0696. The van der Waals surface area contributed by atoms with Crippen LogP contribution in [0.3, 0.4) is 0 Å². The zero-order chi connectivity index (χ0) is 33.9. The Morgan fingerprint density at radius 1 is 0.583 bits per heavy atom. The molecule has 1 heterocycles. The molecule has 0 bridgehead atoms. The van der Waals surface area contributed by atoms with Crippen molar-refractivity contribution in [3.63, 3.8) is 0 Å². The molecule has 2 unspecified atom stereocenters. The van der Waals surface area contributed by atoms with Crippen molar-refractivity contribution in [3.8, 4) is 34.0 Å². The van der Waals surface area contributed by atoms with Crippen LogP contribution in [0.4, 0.5) is 11.4 Å². The van der Waals surface area contributed by atoms with Crippen molar-refractivity contribution in [1.29, 1.82) is 0 Å². The summed E-state index contributed by atoms with van der Waals surface area (Å²) >= 11 is 0. The molecule has 0 saturated heterocycles. The number of aromatic nitrogens is 2. The molecule has 0 spiro atoms. The fourth-order valence-corrected chi connectivity index (χ4v) is 5.23. The second kappa shape index (κ2) is 16.4. The van der Waals surface area contributed by atoms with Gasteiger partial charge in [0.05, 0.1) is 0 Å². The first-order chi connectivity index (χ1) is 23.3. The second-order valence-corrected chi connectivity index (χ2v) is 11.8. The third-order valence-corrected chi connectivity index (χ3v) is 8.42. The van der Waals surface area contributed by atoms with Crippen molar-refractivity contribution in [2.75, 3.05) is 23.8 Å². The number of anilines is 2. The molecular formula is C40H42N4O4. The molecule has 0 radical (unpaired) electrons. The summed E-state index contributed by atoms with van der Waals surface area (Å²) < 4.78 is 11.7. The van der Waals surface area contributed by atoms with E-state index in [1.807, 2.05) is 97.1 Å². The molecular weight excluding hydrogens is 600 g/mol. The Hall–Kier alpha value is -5.50. The van der Waals surface area contributed by atoms with Crippen LogP contribution in [0.2, 0.25) is 0 Å². The Balaban J connectivity index is 1.12. The molecule has 0 saturated carbocycles. The van der Waals surface area contributed by atoms with Crippen LogP contribution in [0, 0.1) is 0 Å². The number of benzene rings is 4. The molecule has 0 aliphatic rings. The van der Waals surface area contributed by atoms with Crippen LogP contribution in [0.1, 0.15) is 63.5 Å². The molecule has 48 heavy (non-hydrogen) atoms. The van der Waals surface area contributed by atoms with Crippen LogP contribution in [-0.2, 0) is 9.59 Å². The first kappa shape index (κ1) is 33.9. The number of carbonyl (C=O) groups is 2. The Labute approximate surface area is 282 Å². The van der Waals surface area contributed by atoms with Crippen LogP contribution in [-0.4, -0.2) is 35.0 Å². The molecule has 4 aromatic carbocycles. The molecule has 246 valence electrons. The van der Waals surface area contributed by atoms with Gasteiger partial charge in [0.15, 0.2) is 19.0 Å². The Bertz CT molecular complexity index is 1670. The Morgan fingerprint density at radius 3 is 1.44 bits per heavy atom. The van der Waals surface area contributed by atoms with Gasteiger partial charge in [-0.05, 0) is 89.9 Å². The standard InChI is InChI=1S/C40H42N4O4/c1-5-27(3)34-11-7-9-13-36(34)47-25-38(45)43-32-19-15-29(16-20-32)31-23-41-40(42-24-31)30-17-21-33(22-18-30)44-39(46)26-48-37-14-10-8-12-35(37)28(4)6-2/h7-24,27-28H,5-6,25-26H2,1-4H3,(H,43,45)(H,44,46). The molecule has 2 atom stereocenters. The molecule has 2 amide bonds. The maximum Gasteiger partial charge on any atom is 0.262 e. The fraction of sp³-hybridized carbons (Fsp3) is 0.250. The summed E-state index contributed by atoms with van der Waals surface area (Å²) in [6.45, 7) is 8.42. The smallest absolute Gasteiger partial charge is 0.262 e. The topological polar surface area (TPSA) is 102 Å². The van der Waals surface area contributed by atoms with Gasteiger partial charge in [0.2, 0.25) is 0 Å². The van der Waals surface area contributed by atoms with Crippen LogP contribution < -0.4 is 20.1 Å². The third-order valence-electron chi connectivity index (χ3n) is 8.42. The lowest BCUT2D eigenvalue weighted by Crippen LogP contribution is -2.20. The number of amides is 2. The van der Waals surface area contributed by atoms with Crippen LogP contribution in [0.25, 0.3) is 22.5 Å². The summed E-state index contributed by atoms with van der Waals surface area (Å²) in [4.78, 5) is 34.3. The van der Waals surface area contributed by atoms with Gasteiger partial charge in [-0.2, -0.15) is 0 Å². The van der Waals surface area contributed by atoms with Gasteiger partial charge in [0.1, 0.15) is 11.5 Å².